The summed E-state index contributed by atoms with van der Waals surface area (Å²) in [5.41, 5.74) is 4.43. The molecule has 1 aliphatic heterocycles. The van der Waals surface area contributed by atoms with Crippen molar-refractivity contribution in [1.82, 2.24) is 9.78 Å². The van der Waals surface area contributed by atoms with Crippen LogP contribution in [0.4, 0.5) is 5.69 Å². The van der Waals surface area contributed by atoms with E-state index in [9.17, 15) is 9.59 Å². The fourth-order valence-corrected chi connectivity index (χ4v) is 3.50. The summed E-state index contributed by atoms with van der Waals surface area (Å²) in [6.07, 6.45) is 5.57. The van der Waals surface area contributed by atoms with Gasteiger partial charge in [-0.1, -0.05) is 18.2 Å². The van der Waals surface area contributed by atoms with Crippen molar-refractivity contribution in [2.24, 2.45) is 0 Å². The van der Waals surface area contributed by atoms with Crippen molar-refractivity contribution in [3.63, 3.8) is 0 Å². The normalized spacial score (nSPS) is 12.7. The van der Waals surface area contributed by atoms with E-state index in [1.54, 1.807) is 17.2 Å². The lowest BCUT2D eigenvalue weighted by molar-refractivity contribution is -0.118. The van der Waals surface area contributed by atoms with Crippen LogP contribution in [0.2, 0.25) is 0 Å². The predicted octanol–water partition coefficient (Wildman–Crippen LogP) is 3.18. The van der Waals surface area contributed by atoms with Crippen LogP contribution in [-0.2, 0) is 22.4 Å². The molecule has 0 unspecified atom stereocenters. The molecule has 1 aliphatic rings. The molecule has 0 radical (unpaired) electrons. The van der Waals surface area contributed by atoms with Gasteiger partial charge in [-0.25, -0.2) is 9.48 Å². The van der Waals surface area contributed by atoms with Gasteiger partial charge >= 0.3 is 5.97 Å². The van der Waals surface area contributed by atoms with Crippen LogP contribution in [0, 0.1) is 0 Å². The highest BCUT2D eigenvalue weighted by Gasteiger charge is 2.25. The van der Waals surface area contributed by atoms with Crippen LogP contribution in [0.25, 0.3) is 5.69 Å². The smallest absolute Gasteiger partial charge is 0.337 e. The number of methoxy groups -OCH3 is 1. The van der Waals surface area contributed by atoms with E-state index < -0.39 is 0 Å². The first-order valence-corrected chi connectivity index (χ1v) is 9.26. The van der Waals surface area contributed by atoms with Crippen LogP contribution < -0.4 is 4.90 Å². The van der Waals surface area contributed by atoms with E-state index in [4.69, 9.17) is 4.74 Å². The Balaban J connectivity index is 1.41. The molecule has 142 valence electrons. The summed E-state index contributed by atoms with van der Waals surface area (Å²) in [6.45, 7) is 0.641. The van der Waals surface area contributed by atoms with Crippen molar-refractivity contribution in [3.05, 3.63) is 77.6 Å². The molecule has 1 aromatic heterocycles. The molecule has 28 heavy (non-hydrogen) atoms. The third kappa shape index (κ3) is 3.53. The van der Waals surface area contributed by atoms with Gasteiger partial charge in [-0.2, -0.15) is 5.10 Å². The molecule has 6 nitrogen and oxygen atoms in total. The molecule has 0 N–H and O–H groups in total. The zero-order chi connectivity index (χ0) is 19.5. The summed E-state index contributed by atoms with van der Waals surface area (Å²) in [4.78, 5) is 26.2. The Kier molecular flexibility index (Phi) is 4.93. The van der Waals surface area contributed by atoms with E-state index in [0.29, 0.717) is 24.9 Å². The number of fused-ring (bicyclic) bond motifs is 1. The number of hydrogen-bond donors (Lipinski definition) is 0. The zero-order valence-corrected chi connectivity index (χ0v) is 15.7. The number of carbonyl (C=O) groups is 2. The SMILES string of the molecule is COC(=O)c1ccc2c(c1)CCN2C(=O)CCc1cnn(-c2ccccc2)c1. The molecule has 3 aromatic rings. The number of rotatable bonds is 5. The number of ether oxygens (including phenoxy) is 1. The lowest BCUT2D eigenvalue weighted by atomic mass is 10.1. The topological polar surface area (TPSA) is 64.4 Å². The van der Waals surface area contributed by atoms with Crippen LogP contribution in [0.3, 0.4) is 0 Å². The number of para-hydroxylation sites is 1. The van der Waals surface area contributed by atoms with Crippen LogP contribution in [0.1, 0.15) is 27.9 Å². The molecule has 0 saturated carbocycles. The first-order chi connectivity index (χ1) is 13.7. The second-order valence-electron chi connectivity index (χ2n) is 6.76. The Labute approximate surface area is 163 Å². The molecule has 2 heterocycles. The highest BCUT2D eigenvalue weighted by atomic mass is 16.5. The number of hydrogen-bond acceptors (Lipinski definition) is 4. The first-order valence-electron chi connectivity index (χ1n) is 9.26. The Morgan fingerprint density at radius 1 is 1.14 bits per heavy atom. The molecule has 2 aromatic carbocycles. The number of benzene rings is 2. The third-order valence-corrected chi connectivity index (χ3v) is 4.98. The minimum Gasteiger partial charge on any atom is -0.465 e. The van der Waals surface area contributed by atoms with Gasteiger partial charge in [0.15, 0.2) is 0 Å². The van der Waals surface area contributed by atoms with Gasteiger partial charge in [-0.3, -0.25) is 4.79 Å². The number of aromatic nitrogens is 2. The van der Waals surface area contributed by atoms with Crippen molar-refractivity contribution < 1.29 is 14.3 Å². The van der Waals surface area contributed by atoms with E-state index in [0.717, 1.165) is 28.9 Å². The minimum atomic E-state index is -0.358. The molecule has 0 atom stereocenters. The van der Waals surface area contributed by atoms with Gasteiger partial charge in [-0.15, -0.1) is 0 Å². The first kappa shape index (κ1) is 18.0. The molecule has 4 rings (SSSR count). The number of nitrogens with zero attached hydrogens (tertiary/aromatic N) is 3. The van der Waals surface area contributed by atoms with E-state index in [-0.39, 0.29) is 11.9 Å². The lowest BCUT2D eigenvalue weighted by Gasteiger charge is -2.17. The Hall–Kier alpha value is -3.41. The quantitative estimate of drug-likeness (QED) is 0.643. The van der Waals surface area contributed by atoms with E-state index in [2.05, 4.69) is 5.10 Å². The van der Waals surface area contributed by atoms with Crippen LogP contribution in [0.15, 0.2) is 60.9 Å². The number of carbonyl (C=O) groups excluding carboxylic acids is 2. The second kappa shape index (κ2) is 7.68. The summed E-state index contributed by atoms with van der Waals surface area (Å²) < 4.78 is 6.58. The maximum Gasteiger partial charge on any atom is 0.337 e. The summed E-state index contributed by atoms with van der Waals surface area (Å²) in [5.74, 6) is -0.278. The van der Waals surface area contributed by atoms with Gasteiger partial charge in [-0.05, 0) is 54.3 Å². The lowest BCUT2D eigenvalue weighted by Crippen LogP contribution is -2.29. The van der Waals surface area contributed by atoms with E-state index >= 15 is 0 Å². The second-order valence-corrected chi connectivity index (χ2v) is 6.76. The van der Waals surface area contributed by atoms with Gasteiger partial charge in [0.25, 0.3) is 0 Å². The summed E-state index contributed by atoms with van der Waals surface area (Å²) in [7, 11) is 1.37. The fraction of sp³-hybridized carbons (Fsp3) is 0.227. The summed E-state index contributed by atoms with van der Waals surface area (Å²) in [6, 6.07) is 15.2. The number of anilines is 1. The van der Waals surface area contributed by atoms with Gasteiger partial charge in [0.2, 0.25) is 5.91 Å². The molecule has 6 heteroatoms. The number of esters is 1. The van der Waals surface area contributed by atoms with Crippen LogP contribution >= 0.6 is 0 Å². The minimum absolute atomic E-state index is 0.0806. The summed E-state index contributed by atoms with van der Waals surface area (Å²) >= 11 is 0. The zero-order valence-electron chi connectivity index (χ0n) is 15.7. The van der Waals surface area contributed by atoms with Gasteiger partial charge in [0.1, 0.15) is 0 Å². The Bertz CT molecular complexity index is 1010. The Morgan fingerprint density at radius 3 is 2.75 bits per heavy atom. The molecule has 0 saturated heterocycles. The van der Waals surface area contributed by atoms with Crippen molar-refractivity contribution in [2.45, 2.75) is 19.3 Å². The Morgan fingerprint density at radius 2 is 1.96 bits per heavy atom. The van der Waals surface area contributed by atoms with Gasteiger partial charge in [0, 0.05) is 24.8 Å². The highest BCUT2D eigenvalue weighted by molar-refractivity contribution is 5.97. The standard InChI is InChI=1S/C22H21N3O3/c1-28-22(27)18-8-9-20-17(13-18)11-12-24(20)21(26)10-7-16-14-23-25(15-16)19-5-3-2-4-6-19/h2-6,8-9,13-15H,7,10-12H2,1H3. The van der Waals surface area contributed by atoms with Gasteiger partial charge in [0.05, 0.1) is 24.6 Å². The van der Waals surface area contributed by atoms with E-state index in [1.807, 2.05) is 53.3 Å². The molecule has 0 aliphatic carbocycles. The maximum absolute atomic E-state index is 12.7. The maximum atomic E-state index is 12.7. The van der Waals surface area contributed by atoms with E-state index in [1.165, 1.54) is 7.11 Å². The molecular formula is C22H21N3O3. The predicted molar refractivity (Wildman–Crippen MR) is 106 cm³/mol. The number of amides is 1. The van der Waals surface area contributed by atoms with Crippen molar-refractivity contribution in [3.8, 4) is 5.69 Å². The molecular weight excluding hydrogens is 354 g/mol. The van der Waals surface area contributed by atoms with Crippen molar-refractivity contribution in [1.29, 1.82) is 0 Å². The monoisotopic (exact) mass is 375 g/mol. The average molecular weight is 375 g/mol. The number of aryl methyl sites for hydroxylation is 1. The van der Waals surface area contributed by atoms with Crippen LogP contribution in [0.5, 0.6) is 0 Å². The molecule has 0 fully saturated rings. The van der Waals surface area contributed by atoms with Crippen molar-refractivity contribution in [2.75, 3.05) is 18.6 Å². The summed E-state index contributed by atoms with van der Waals surface area (Å²) in [5, 5.41) is 4.38. The molecule has 1 amide bonds. The highest BCUT2D eigenvalue weighted by Crippen LogP contribution is 2.29. The molecule has 0 bridgehead atoms. The largest absolute Gasteiger partial charge is 0.465 e. The van der Waals surface area contributed by atoms with Gasteiger partial charge < -0.3 is 9.64 Å². The third-order valence-electron chi connectivity index (χ3n) is 4.98. The van der Waals surface area contributed by atoms with Crippen LogP contribution in [-0.4, -0.2) is 35.3 Å². The van der Waals surface area contributed by atoms with Crippen molar-refractivity contribution >= 4 is 17.6 Å². The fourth-order valence-electron chi connectivity index (χ4n) is 3.50. The molecule has 0 spiro atoms. The average Bonchev–Trinajstić information content (AvgIpc) is 3.38.